The smallest absolute Gasteiger partial charge is 0.325 e. The summed E-state index contributed by atoms with van der Waals surface area (Å²) in [7, 11) is 0. The zero-order valence-electron chi connectivity index (χ0n) is 9.87. The second-order valence-electron chi connectivity index (χ2n) is 3.95. The van der Waals surface area contributed by atoms with Gasteiger partial charge in [-0.05, 0) is 44.0 Å². The molecular weight excluding hydrogens is 242 g/mol. The monoisotopic (exact) mass is 255 g/mol. The van der Waals surface area contributed by atoms with Gasteiger partial charge in [0.1, 0.15) is 6.04 Å². The number of carbonyl (C=O) groups excluding carboxylic acids is 1. The molecule has 0 aliphatic carbocycles. The number of amides is 1. The Morgan fingerprint density at radius 1 is 1.29 bits per heavy atom. The predicted octanol–water partition coefficient (Wildman–Crippen LogP) is 2.16. The zero-order chi connectivity index (χ0) is 13.2. The molecule has 0 spiro atoms. The third-order valence-electron chi connectivity index (χ3n) is 2.55. The van der Waals surface area contributed by atoms with Gasteiger partial charge >= 0.3 is 5.97 Å². The maximum Gasteiger partial charge on any atom is 0.325 e. The van der Waals surface area contributed by atoms with E-state index in [0.717, 1.165) is 11.1 Å². The van der Waals surface area contributed by atoms with E-state index in [1.54, 1.807) is 12.1 Å². The number of carboxylic acids is 1. The Labute approximate surface area is 105 Å². The van der Waals surface area contributed by atoms with E-state index in [1.807, 2.05) is 13.8 Å². The normalized spacial score (nSPS) is 12.0. The van der Waals surface area contributed by atoms with Crippen LogP contribution in [-0.2, 0) is 4.79 Å². The van der Waals surface area contributed by atoms with Crippen LogP contribution in [-0.4, -0.2) is 23.0 Å². The van der Waals surface area contributed by atoms with Gasteiger partial charge in [0.25, 0.3) is 5.91 Å². The minimum absolute atomic E-state index is 0.294. The predicted molar refractivity (Wildman–Crippen MR) is 65.5 cm³/mol. The van der Waals surface area contributed by atoms with Crippen molar-refractivity contribution < 1.29 is 14.7 Å². The van der Waals surface area contributed by atoms with Crippen LogP contribution in [0.5, 0.6) is 0 Å². The molecule has 0 aliphatic heterocycles. The largest absolute Gasteiger partial charge is 0.480 e. The zero-order valence-corrected chi connectivity index (χ0v) is 10.6. The Bertz CT molecular complexity index is 471. The van der Waals surface area contributed by atoms with Crippen molar-refractivity contribution in [2.45, 2.75) is 26.8 Å². The van der Waals surface area contributed by atoms with Crippen LogP contribution in [0.4, 0.5) is 0 Å². The van der Waals surface area contributed by atoms with Crippen LogP contribution in [0.3, 0.4) is 0 Å². The fraction of sp³-hybridized carbons (Fsp3) is 0.333. The fourth-order valence-electron chi connectivity index (χ4n) is 1.29. The van der Waals surface area contributed by atoms with Crippen molar-refractivity contribution in [3.8, 4) is 0 Å². The number of hydrogen-bond donors (Lipinski definition) is 2. The van der Waals surface area contributed by atoms with Crippen LogP contribution in [0.1, 0.15) is 28.4 Å². The van der Waals surface area contributed by atoms with E-state index in [1.165, 1.54) is 6.92 Å². The molecule has 0 heterocycles. The van der Waals surface area contributed by atoms with Gasteiger partial charge in [-0.25, -0.2) is 0 Å². The number of carboxylic acid groups (broad SMARTS) is 1. The Morgan fingerprint density at radius 2 is 1.82 bits per heavy atom. The number of benzene rings is 1. The van der Waals surface area contributed by atoms with Gasteiger partial charge in [0.2, 0.25) is 0 Å². The number of halogens is 1. The van der Waals surface area contributed by atoms with Crippen molar-refractivity contribution in [1.29, 1.82) is 0 Å². The van der Waals surface area contributed by atoms with Crippen LogP contribution < -0.4 is 5.32 Å². The summed E-state index contributed by atoms with van der Waals surface area (Å²) in [6, 6.07) is 2.40. The molecule has 0 fully saturated rings. The average Bonchev–Trinajstić information content (AvgIpc) is 2.22. The van der Waals surface area contributed by atoms with Gasteiger partial charge in [0, 0.05) is 0 Å². The summed E-state index contributed by atoms with van der Waals surface area (Å²) in [4.78, 5) is 22.4. The maximum absolute atomic E-state index is 11.8. The van der Waals surface area contributed by atoms with Crippen LogP contribution in [0, 0.1) is 13.8 Å². The molecule has 0 saturated heterocycles. The molecule has 0 aromatic heterocycles. The number of aryl methyl sites for hydroxylation is 2. The van der Waals surface area contributed by atoms with Crippen LogP contribution >= 0.6 is 11.6 Å². The van der Waals surface area contributed by atoms with E-state index in [2.05, 4.69) is 5.32 Å². The summed E-state index contributed by atoms with van der Waals surface area (Å²) >= 11 is 5.95. The van der Waals surface area contributed by atoms with Gasteiger partial charge in [-0.1, -0.05) is 11.6 Å². The highest BCUT2D eigenvalue weighted by Gasteiger charge is 2.17. The van der Waals surface area contributed by atoms with Gasteiger partial charge in [-0.15, -0.1) is 0 Å². The van der Waals surface area contributed by atoms with Crippen LogP contribution in [0.25, 0.3) is 0 Å². The highest BCUT2D eigenvalue weighted by molar-refractivity contribution is 6.34. The number of hydrogen-bond acceptors (Lipinski definition) is 2. The lowest BCUT2D eigenvalue weighted by atomic mass is 10.1. The number of carbonyl (C=O) groups is 2. The quantitative estimate of drug-likeness (QED) is 0.870. The van der Waals surface area contributed by atoms with Crippen molar-refractivity contribution in [3.05, 3.63) is 33.8 Å². The molecule has 1 atom stereocenters. The molecule has 0 saturated carbocycles. The Kier molecular flexibility index (Phi) is 4.12. The first-order chi connectivity index (χ1) is 7.82. The summed E-state index contributed by atoms with van der Waals surface area (Å²) in [5.41, 5.74) is 2.21. The number of nitrogens with one attached hydrogen (secondary N) is 1. The number of aliphatic carboxylic acids is 1. The summed E-state index contributed by atoms with van der Waals surface area (Å²) in [5, 5.41) is 11.4. The van der Waals surface area contributed by atoms with Crippen molar-refractivity contribution >= 4 is 23.5 Å². The average molecular weight is 256 g/mol. The minimum Gasteiger partial charge on any atom is -0.480 e. The fourth-order valence-corrected chi connectivity index (χ4v) is 1.60. The second kappa shape index (κ2) is 5.19. The van der Waals surface area contributed by atoms with E-state index in [-0.39, 0.29) is 0 Å². The molecule has 0 aliphatic rings. The topological polar surface area (TPSA) is 66.4 Å². The van der Waals surface area contributed by atoms with E-state index in [0.29, 0.717) is 10.6 Å². The standard InChI is InChI=1S/C12H14ClNO3/c1-6-4-9(10(13)5-7(6)2)11(15)14-8(3)12(16)17/h4-5,8H,1-3H3,(H,14,15)(H,16,17)/t8-/m0/s1. The highest BCUT2D eigenvalue weighted by Crippen LogP contribution is 2.20. The molecule has 17 heavy (non-hydrogen) atoms. The van der Waals surface area contributed by atoms with Crippen molar-refractivity contribution in [3.63, 3.8) is 0 Å². The highest BCUT2D eigenvalue weighted by atomic mass is 35.5. The molecule has 5 heteroatoms. The first-order valence-corrected chi connectivity index (χ1v) is 5.51. The van der Waals surface area contributed by atoms with E-state index in [9.17, 15) is 9.59 Å². The van der Waals surface area contributed by atoms with Gasteiger partial charge in [0.05, 0.1) is 10.6 Å². The van der Waals surface area contributed by atoms with Gasteiger partial charge in [-0.3, -0.25) is 9.59 Å². The van der Waals surface area contributed by atoms with Gasteiger partial charge in [0.15, 0.2) is 0 Å². The summed E-state index contributed by atoms with van der Waals surface area (Å²) in [6.45, 7) is 5.15. The molecule has 92 valence electrons. The summed E-state index contributed by atoms with van der Waals surface area (Å²) in [5.74, 6) is -1.56. The second-order valence-corrected chi connectivity index (χ2v) is 4.36. The molecule has 1 aromatic carbocycles. The van der Waals surface area contributed by atoms with E-state index < -0.39 is 17.9 Å². The molecule has 0 bridgehead atoms. The third-order valence-corrected chi connectivity index (χ3v) is 2.86. The van der Waals surface area contributed by atoms with Crippen molar-refractivity contribution in [2.24, 2.45) is 0 Å². The molecule has 0 radical (unpaired) electrons. The van der Waals surface area contributed by atoms with E-state index >= 15 is 0 Å². The molecule has 1 rings (SSSR count). The first-order valence-electron chi connectivity index (χ1n) is 5.13. The summed E-state index contributed by atoms with van der Waals surface area (Å²) in [6.07, 6.45) is 0. The number of rotatable bonds is 3. The van der Waals surface area contributed by atoms with E-state index in [4.69, 9.17) is 16.7 Å². The first kappa shape index (κ1) is 13.5. The lowest BCUT2D eigenvalue weighted by molar-refractivity contribution is -0.138. The van der Waals surface area contributed by atoms with Gasteiger partial charge < -0.3 is 10.4 Å². The lowest BCUT2D eigenvalue weighted by Gasteiger charge is -2.11. The third kappa shape index (κ3) is 3.20. The SMILES string of the molecule is Cc1cc(Cl)c(C(=O)N[C@@H](C)C(=O)O)cc1C. The molecule has 1 amide bonds. The van der Waals surface area contributed by atoms with Crippen LogP contribution in [0.15, 0.2) is 12.1 Å². The van der Waals surface area contributed by atoms with Crippen molar-refractivity contribution in [2.75, 3.05) is 0 Å². The van der Waals surface area contributed by atoms with Crippen molar-refractivity contribution in [1.82, 2.24) is 5.32 Å². The molecule has 0 unspecified atom stereocenters. The van der Waals surface area contributed by atoms with Crippen LogP contribution in [0.2, 0.25) is 5.02 Å². The molecule has 4 nitrogen and oxygen atoms in total. The molecule has 1 aromatic rings. The maximum atomic E-state index is 11.8. The Hall–Kier alpha value is -1.55. The minimum atomic E-state index is -1.08. The Morgan fingerprint density at radius 3 is 2.35 bits per heavy atom. The lowest BCUT2D eigenvalue weighted by Crippen LogP contribution is -2.38. The summed E-state index contributed by atoms with van der Waals surface area (Å²) < 4.78 is 0. The van der Waals surface area contributed by atoms with Gasteiger partial charge in [-0.2, -0.15) is 0 Å². The Balaban J connectivity index is 2.97. The molecular formula is C12H14ClNO3. The molecule has 2 N–H and O–H groups in total.